The highest BCUT2D eigenvalue weighted by atomic mass is 35.5. The van der Waals surface area contributed by atoms with E-state index in [-0.39, 0.29) is 0 Å². The smallest absolute Gasteiger partial charge is 0.376 e. The molecular weight excluding hydrogens is 401 g/mol. The number of halogens is 4. The third-order valence-electron chi connectivity index (χ3n) is 4.26. The van der Waals surface area contributed by atoms with Crippen LogP contribution in [0.15, 0.2) is 60.7 Å². The summed E-state index contributed by atoms with van der Waals surface area (Å²) < 4.78 is 64.1. The number of rotatable bonds is 2. The lowest BCUT2D eigenvalue weighted by Crippen LogP contribution is -2.28. The molecule has 0 bridgehead atoms. The minimum Gasteiger partial charge on any atom is -0.376 e. The van der Waals surface area contributed by atoms with Crippen molar-refractivity contribution in [2.24, 2.45) is 0 Å². The average molecular weight is 411 g/mol. The molecule has 0 amide bonds. The molecule has 3 nitrogen and oxygen atoms in total. The maximum atomic E-state index is 12.5. The van der Waals surface area contributed by atoms with Gasteiger partial charge in [0, 0.05) is 5.02 Å². The van der Waals surface area contributed by atoms with Crippen molar-refractivity contribution >= 4 is 54.0 Å². The van der Waals surface area contributed by atoms with Gasteiger partial charge in [-0.2, -0.15) is 21.6 Å². The van der Waals surface area contributed by atoms with Crippen LogP contribution >= 0.6 is 11.6 Å². The maximum absolute atomic E-state index is 12.5. The topological polar surface area (TPSA) is 43.4 Å². The molecule has 0 fully saturated rings. The lowest BCUT2D eigenvalue weighted by Gasteiger charge is -2.11. The Balaban J connectivity index is 1.88. The lowest BCUT2D eigenvalue weighted by atomic mass is 9.97. The standard InChI is InChI=1S/C19H10ClF3O3S/c20-13-3-7-15-11(9-13)1-5-18-16-8-4-14(10-12(16)2-6-17(15)18)26-27(24,25)19(21,22)23/h1-10H. The summed E-state index contributed by atoms with van der Waals surface area (Å²) in [5.74, 6) is -0.397. The van der Waals surface area contributed by atoms with Gasteiger partial charge in [0.05, 0.1) is 0 Å². The fourth-order valence-electron chi connectivity index (χ4n) is 3.06. The molecule has 0 unspecified atom stereocenters. The van der Waals surface area contributed by atoms with Crippen LogP contribution in [0, 0.1) is 0 Å². The Labute approximate surface area is 157 Å². The summed E-state index contributed by atoms with van der Waals surface area (Å²) in [7, 11) is -5.71. The Morgan fingerprint density at radius 1 is 0.741 bits per heavy atom. The predicted octanol–water partition coefficient (Wildman–Crippen LogP) is 6.03. The maximum Gasteiger partial charge on any atom is 0.534 e. The van der Waals surface area contributed by atoms with Gasteiger partial charge in [-0.05, 0) is 56.6 Å². The quantitative estimate of drug-likeness (QED) is 0.230. The van der Waals surface area contributed by atoms with E-state index in [0.29, 0.717) is 10.4 Å². The minimum absolute atomic E-state index is 0.397. The van der Waals surface area contributed by atoms with Gasteiger partial charge in [-0.3, -0.25) is 0 Å². The van der Waals surface area contributed by atoms with E-state index in [0.717, 1.165) is 26.9 Å². The Kier molecular flexibility index (Phi) is 3.98. The van der Waals surface area contributed by atoms with E-state index in [2.05, 4.69) is 4.18 Å². The van der Waals surface area contributed by atoms with Gasteiger partial charge in [-0.25, -0.2) is 0 Å². The van der Waals surface area contributed by atoms with Crippen LogP contribution < -0.4 is 4.18 Å². The Morgan fingerprint density at radius 3 is 1.85 bits per heavy atom. The van der Waals surface area contributed by atoms with E-state index in [1.165, 1.54) is 12.1 Å². The fraction of sp³-hybridized carbons (Fsp3) is 0.0526. The average Bonchev–Trinajstić information content (AvgIpc) is 2.59. The molecule has 0 spiro atoms. The van der Waals surface area contributed by atoms with Gasteiger partial charge in [0.15, 0.2) is 0 Å². The summed E-state index contributed by atoms with van der Waals surface area (Å²) in [5, 5.41) is 5.73. The fourth-order valence-corrected chi connectivity index (χ4v) is 3.69. The molecule has 0 radical (unpaired) electrons. The summed E-state index contributed by atoms with van der Waals surface area (Å²) >= 11 is 6.02. The predicted molar refractivity (Wildman–Crippen MR) is 99.6 cm³/mol. The third kappa shape index (κ3) is 3.07. The monoisotopic (exact) mass is 410 g/mol. The first kappa shape index (κ1) is 17.9. The number of fused-ring (bicyclic) bond motifs is 5. The van der Waals surface area contributed by atoms with E-state index in [1.54, 1.807) is 18.2 Å². The second-order valence-electron chi connectivity index (χ2n) is 5.96. The van der Waals surface area contributed by atoms with Crippen LogP contribution in [0.2, 0.25) is 5.02 Å². The molecule has 27 heavy (non-hydrogen) atoms. The van der Waals surface area contributed by atoms with Crippen LogP contribution in [0.4, 0.5) is 13.2 Å². The summed E-state index contributed by atoms with van der Waals surface area (Å²) in [6.07, 6.45) is 0. The number of hydrogen-bond acceptors (Lipinski definition) is 3. The van der Waals surface area contributed by atoms with E-state index >= 15 is 0 Å². The Morgan fingerprint density at radius 2 is 1.26 bits per heavy atom. The van der Waals surface area contributed by atoms with Crippen LogP contribution in [-0.4, -0.2) is 13.9 Å². The molecule has 0 aliphatic carbocycles. The van der Waals surface area contributed by atoms with Crippen molar-refractivity contribution in [3.8, 4) is 5.75 Å². The zero-order valence-electron chi connectivity index (χ0n) is 13.4. The molecule has 4 aromatic rings. The van der Waals surface area contributed by atoms with Crippen molar-refractivity contribution in [2.75, 3.05) is 0 Å². The molecule has 0 saturated carbocycles. The molecule has 0 N–H and O–H groups in total. The molecule has 0 aromatic heterocycles. The van der Waals surface area contributed by atoms with Gasteiger partial charge in [-0.15, -0.1) is 0 Å². The minimum atomic E-state index is -5.71. The molecule has 138 valence electrons. The van der Waals surface area contributed by atoms with E-state index < -0.39 is 21.4 Å². The van der Waals surface area contributed by atoms with Crippen LogP contribution in [0.3, 0.4) is 0 Å². The van der Waals surface area contributed by atoms with Crippen LogP contribution in [-0.2, 0) is 10.1 Å². The second kappa shape index (κ2) is 6.00. The van der Waals surface area contributed by atoms with E-state index in [1.807, 2.05) is 30.3 Å². The van der Waals surface area contributed by atoms with E-state index in [9.17, 15) is 21.6 Å². The first-order valence-electron chi connectivity index (χ1n) is 7.71. The zero-order chi connectivity index (χ0) is 19.4. The number of benzene rings is 4. The summed E-state index contributed by atoms with van der Waals surface area (Å²) in [6, 6.07) is 16.9. The highest BCUT2D eigenvalue weighted by molar-refractivity contribution is 7.88. The van der Waals surface area contributed by atoms with Crippen molar-refractivity contribution in [2.45, 2.75) is 5.51 Å². The second-order valence-corrected chi connectivity index (χ2v) is 7.93. The van der Waals surface area contributed by atoms with Gasteiger partial charge >= 0.3 is 15.6 Å². The number of hydrogen-bond donors (Lipinski definition) is 0. The van der Waals surface area contributed by atoms with Crippen molar-refractivity contribution in [3.05, 3.63) is 65.7 Å². The Hall–Kier alpha value is -2.51. The molecular formula is C19H10ClF3O3S. The van der Waals surface area contributed by atoms with Crippen LogP contribution in [0.25, 0.3) is 32.3 Å². The van der Waals surface area contributed by atoms with E-state index in [4.69, 9.17) is 11.6 Å². The molecule has 0 saturated heterocycles. The van der Waals surface area contributed by atoms with Gasteiger partial charge in [0.2, 0.25) is 0 Å². The zero-order valence-corrected chi connectivity index (χ0v) is 15.0. The Bertz CT molecular complexity index is 1310. The van der Waals surface area contributed by atoms with Crippen LogP contribution in [0.1, 0.15) is 0 Å². The number of alkyl halides is 3. The first-order valence-corrected chi connectivity index (χ1v) is 9.50. The van der Waals surface area contributed by atoms with Crippen molar-refractivity contribution in [1.82, 2.24) is 0 Å². The summed E-state index contributed by atoms with van der Waals surface area (Å²) in [6.45, 7) is 0. The third-order valence-corrected chi connectivity index (χ3v) is 5.47. The largest absolute Gasteiger partial charge is 0.534 e. The van der Waals surface area contributed by atoms with Crippen LogP contribution in [0.5, 0.6) is 5.75 Å². The SMILES string of the molecule is O=S(=O)(Oc1ccc2c(ccc3c4ccc(Cl)cc4ccc23)c1)C(F)(F)F. The molecule has 8 heteroatoms. The summed E-state index contributed by atoms with van der Waals surface area (Å²) in [4.78, 5) is 0. The molecule has 4 rings (SSSR count). The van der Waals surface area contributed by atoms with Crippen molar-refractivity contribution in [1.29, 1.82) is 0 Å². The first-order chi connectivity index (χ1) is 12.7. The van der Waals surface area contributed by atoms with Gasteiger partial charge < -0.3 is 4.18 Å². The molecule has 0 aliphatic rings. The van der Waals surface area contributed by atoms with Gasteiger partial charge in [0.1, 0.15) is 5.75 Å². The van der Waals surface area contributed by atoms with Gasteiger partial charge in [-0.1, -0.05) is 48.0 Å². The highest BCUT2D eigenvalue weighted by Gasteiger charge is 2.48. The highest BCUT2D eigenvalue weighted by Crippen LogP contribution is 2.35. The van der Waals surface area contributed by atoms with Gasteiger partial charge in [0.25, 0.3) is 0 Å². The summed E-state index contributed by atoms with van der Waals surface area (Å²) in [5.41, 5.74) is -5.48. The molecule has 0 aliphatic heterocycles. The molecule has 0 atom stereocenters. The lowest BCUT2D eigenvalue weighted by molar-refractivity contribution is -0.0500. The normalized spacial score (nSPS) is 12.7. The van der Waals surface area contributed by atoms with Crippen molar-refractivity contribution < 1.29 is 25.8 Å². The molecule has 0 heterocycles. The molecule has 4 aromatic carbocycles. The van der Waals surface area contributed by atoms with Crippen molar-refractivity contribution in [3.63, 3.8) is 0 Å².